The van der Waals surface area contributed by atoms with Gasteiger partial charge in [-0.1, -0.05) is 36.4 Å². The summed E-state index contributed by atoms with van der Waals surface area (Å²) in [6, 6.07) is 14.0. The van der Waals surface area contributed by atoms with Crippen LogP contribution in [-0.2, 0) is 12.2 Å². The molecule has 2 rings (SSSR count). The number of rotatable bonds is 6. The third-order valence-electron chi connectivity index (χ3n) is 3.60. The molecule has 0 fully saturated rings. The van der Waals surface area contributed by atoms with E-state index in [-0.39, 0.29) is 5.75 Å². The molecular formula is C18H22FNO2. The van der Waals surface area contributed by atoms with Crippen LogP contribution in [0.15, 0.2) is 48.5 Å². The van der Waals surface area contributed by atoms with Crippen molar-refractivity contribution in [1.82, 2.24) is 5.32 Å². The van der Waals surface area contributed by atoms with Crippen LogP contribution >= 0.6 is 0 Å². The summed E-state index contributed by atoms with van der Waals surface area (Å²) in [5.41, 5.74) is 0.560. The Kier molecular flexibility index (Phi) is 5.16. The van der Waals surface area contributed by atoms with Gasteiger partial charge in [-0.3, -0.25) is 0 Å². The van der Waals surface area contributed by atoms with E-state index in [1.165, 1.54) is 13.8 Å². The molecule has 0 heterocycles. The smallest absolute Gasteiger partial charge is 0.130 e. The van der Waals surface area contributed by atoms with Gasteiger partial charge in [-0.2, -0.15) is 0 Å². The number of alkyl halides is 1. The van der Waals surface area contributed by atoms with E-state index >= 15 is 0 Å². The number of para-hydroxylation sites is 1. The molecule has 0 saturated carbocycles. The fourth-order valence-corrected chi connectivity index (χ4v) is 2.24. The molecule has 1 unspecified atom stereocenters. The van der Waals surface area contributed by atoms with Crippen LogP contribution in [-0.4, -0.2) is 16.8 Å². The molecule has 0 aromatic heterocycles. The predicted octanol–water partition coefficient (Wildman–Crippen LogP) is 3.42. The van der Waals surface area contributed by atoms with E-state index in [0.717, 1.165) is 5.56 Å². The van der Waals surface area contributed by atoms with Gasteiger partial charge in [-0.15, -0.1) is 0 Å². The van der Waals surface area contributed by atoms with Gasteiger partial charge >= 0.3 is 0 Å². The summed E-state index contributed by atoms with van der Waals surface area (Å²) in [4.78, 5) is 0. The highest BCUT2D eigenvalue weighted by Gasteiger charge is 2.19. The van der Waals surface area contributed by atoms with Gasteiger partial charge in [-0.05, 0) is 37.1 Å². The summed E-state index contributed by atoms with van der Waals surface area (Å²) >= 11 is 0. The molecule has 0 spiro atoms. The van der Waals surface area contributed by atoms with Gasteiger partial charge in [0.25, 0.3) is 0 Å². The molecule has 0 aliphatic rings. The summed E-state index contributed by atoms with van der Waals surface area (Å²) in [6.45, 7) is 3.77. The number of aliphatic hydroxyl groups is 1. The number of hydrogen-bond donors (Lipinski definition) is 3. The number of halogens is 1. The van der Waals surface area contributed by atoms with Crippen LogP contribution in [0.2, 0.25) is 0 Å². The Hall–Kier alpha value is -1.91. The van der Waals surface area contributed by atoms with Crippen molar-refractivity contribution >= 4 is 0 Å². The number of benzene rings is 2. The minimum Gasteiger partial charge on any atom is -0.508 e. The average Bonchev–Trinajstić information content (AvgIpc) is 2.48. The number of aliphatic hydroxyl groups excluding tert-OH is 1. The van der Waals surface area contributed by atoms with Crippen molar-refractivity contribution in [2.45, 2.75) is 32.2 Å². The molecule has 0 saturated heterocycles. The Morgan fingerprint density at radius 3 is 2.55 bits per heavy atom. The van der Waals surface area contributed by atoms with Crippen LogP contribution in [0.5, 0.6) is 5.75 Å². The van der Waals surface area contributed by atoms with Gasteiger partial charge < -0.3 is 15.5 Å². The Bertz CT molecular complexity index is 622. The molecule has 2 aromatic rings. The molecule has 0 bridgehead atoms. The van der Waals surface area contributed by atoms with Crippen LogP contribution in [0.4, 0.5) is 4.39 Å². The minimum atomic E-state index is -1.43. The highest BCUT2D eigenvalue weighted by Crippen LogP contribution is 2.26. The Balaban J connectivity index is 1.95. The SMILES string of the molecule is CC(C)(F)c1cccc(C(O)CNCc2ccccc2O)c1. The summed E-state index contributed by atoms with van der Waals surface area (Å²) in [5, 5.41) is 23.0. The van der Waals surface area contributed by atoms with Crippen LogP contribution in [0.25, 0.3) is 0 Å². The van der Waals surface area contributed by atoms with E-state index in [0.29, 0.717) is 24.2 Å². The van der Waals surface area contributed by atoms with Crippen molar-refractivity contribution in [3.63, 3.8) is 0 Å². The van der Waals surface area contributed by atoms with E-state index in [9.17, 15) is 14.6 Å². The fraction of sp³-hybridized carbons (Fsp3) is 0.333. The molecule has 2 aromatic carbocycles. The first-order valence-electron chi connectivity index (χ1n) is 7.33. The number of aromatic hydroxyl groups is 1. The summed E-state index contributed by atoms with van der Waals surface area (Å²) in [6.07, 6.45) is -0.729. The molecule has 1 atom stereocenters. The van der Waals surface area contributed by atoms with Crippen molar-refractivity contribution in [2.24, 2.45) is 0 Å². The van der Waals surface area contributed by atoms with Crippen LogP contribution in [0, 0.1) is 0 Å². The zero-order chi connectivity index (χ0) is 16.2. The molecule has 3 nitrogen and oxygen atoms in total. The van der Waals surface area contributed by atoms with E-state index < -0.39 is 11.8 Å². The second-order valence-corrected chi connectivity index (χ2v) is 5.87. The molecule has 22 heavy (non-hydrogen) atoms. The highest BCUT2D eigenvalue weighted by molar-refractivity contribution is 5.32. The Labute approximate surface area is 130 Å². The standard InChI is InChI=1S/C18H22FNO2/c1-18(2,19)15-8-5-7-13(10-15)17(22)12-20-11-14-6-3-4-9-16(14)21/h3-10,17,20-22H,11-12H2,1-2H3. The first-order chi connectivity index (χ1) is 10.4. The number of phenolic OH excluding ortho intramolecular Hbond substituents is 1. The minimum absolute atomic E-state index is 0.227. The quantitative estimate of drug-likeness (QED) is 0.766. The van der Waals surface area contributed by atoms with Gasteiger partial charge in [0.1, 0.15) is 11.4 Å². The van der Waals surface area contributed by atoms with Crippen molar-refractivity contribution < 1.29 is 14.6 Å². The maximum absolute atomic E-state index is 14.0. The van der Waals surface area contributed by atoms with Crippen molar-refractivity contribution in [3.05, 3.63) is 65.2 Å². The van der Waals surface area contributed by atoms with Gasteiger partial charge in [0.2, 0.25) is 0 Å². The van der Waals surface area contributed by atoms with Crippen LogP contribution in [0.1, 0.15) is 36.6 Å². The number of nitrogens with one attached hydrogen (secondary N) is 1. The lowest BCUT2D eigenvalue weighted by Crippen LogP contribution is -2.21. The monoisotopic (exact) mass is 303 g/mol. The normalized spacial score (nSPS) is 13.1. The zero-order valence-corrected chi connectivity index (χ0v) is 12.9. The maximum Gasteiger partial charge on any atom is 0.130 e. The Morgan fingerprint density at radius 2 is 1.86 bits per heavy atom. The van der Waals surface area contributed by atoms with Gasteiger partial charge in [0.05, 0.1) is 6.10 Å². The molecule has 118 valence electrons. The average molecular weight is 303 g/mol. The maximum atomic E-state index is 14.0. The highest BCUT2D eigenvalue weighted by atomic mass is 19.1. The van der Waals surface area contributed by atoms with Crippen LogP contribution in [0.3, 0.4) is 0 Å². The summed E-state index contributed by atoms with van der Waals surface area (Å²) in [5.74, 6) is 0.227. The lowest BCUT2D eigenvalue weighted by atomic mass is 9.96. The molecule has 0 aliphatic heterocycles. The second-order valence-electron chi connectivity index (χ2n) is 5.87. The zero-order valence-electron chi connectivity index (χ0n) is 12.9. The molecule has 0 radical (unpaired) electrons. The molecule has 3 N–H and O–H groups in total. The number of hydrogen-bond acceptors (Lipinski definition) is 3. The molecule has 0 amide bonds. The second kappa shape index (κ2) is 6.90. The van der Waals surface area contributed by atoms with Crippen molar-refractivity contribution in [3.8, 4) is 5.75 Å². The first-order valence-corrected chi connectivity index (χ1v) is 7.33. The van der Waals surface area contributed by atoms with Crippen LogP contribution < -0.4 is 5.32 Å². The Morgan fingerprint density at radius 1 is 1.14 bits per heavy atom. The predicted molar refractivity (Wildman–Crippen MR) is 85.3 cm³/mol. The lowest BCUT2D eigenvalue weighted by Gasteiger charge is -2.18. The lowest BCUT2D eigenvalue weighted by molar-refractivity contribution is 0.173. The fourth-order valence-electron chi connectivity index (χ4n) is 2.24. The molecular weight excluding hydrogens is 281 g/mol. The topological polar surface area (TPSA) is 52.5 Å². The third-order valence-corrected chi connectivity index (χ3v) is 3.60. The van der Waals surface area contributed by atoms with Gasteiger partial charge in [0.15, 0.2) is 0 Å². The van der Waals surface area contributed by atoms with E-state index in [4.69, 9.17) is 0 Å². The summed E-state index contributed by atoms with van der Waals surface area (Å²) < 4.78 is 14.0. The van der Waals surface area contributed by atoms with E-state index in [1.807, 2.05) is 12.1 Å². The molecule has 4 heteroatoms. The van der Waals surface area contributed by atoms with Gasteiger partial charge in [0, 0.05) is 18.7 Å². The third kappa shape index (κ3) is 4.29. The first kappa shape index (κ1) is 16.5. The van der Waals surface area contributed by atoms with Gasteiger partial charge in [-0.25, -0.2) is 4.39 Å². The largest absolute Gasteiger partial charge is 0.508 e. The van der Waals surface area contributed by atoms with Crippen molar-refractivity contribution in [2.75, 3.05) is 6.54 Å². The summed E-state index contributed by atoms with van der Waals surface area (Å²) in [7, 11) is 0. The number of phenols is 1. The van der Waals surface area contributed by atoms with E-state index in [1.54, 1.807) is 36.4 Å². The van der Waals surface area contributed by atoms with E-state index in [2.05, 4.69) is 5.32 Å². The molecule has 0 aliphatic carbocycles. The van der Waals surface area contributed by atoms with Crippen molar-refractivity contribution in [1.29, 1.82) is 0 Å².